The Balaban J connectivity index is 1.54. The van der Waals surface area contributed by atoms with Crippen LogP contribution in [0.3, 0.4) is 0 Å². The summed E-state index contributed by atoms with van der Waals surface area (Å²) in [5, 5.41) is 10.9. The quantitative estimate of drug-likeness (QED) is 0.677. The number of ether oxygens (including phenoxy) is 2. The minimum absolute atomic E-state index is 0.280. The molecule has 1 atom stereocenters. The minimum Gasteiger partial charge on any atom is -0.492 e. The van der Waals surface area contributed by atoms with Gasteiger partial charge >= 0.3 is 6.36 Å². The molecule has 0 saturated heterocycles. The highest BCUT2D eigenvalue weighted by atomic mass is 19.4. The smallest absolute Gasteiger partial charge is 0.492 e. The van der Waals surface area contributed by atoms with Crippen LogP contribution in [0.4, 0.5) is 13.2 Å². The van der Waals surface area contributed by atoms with E-state index >= 15 is 0 Å². The number of aromatic nitrogens is 1. The number of pyridine rings is 1. The van der Waals surface area contributed by atoms with Crippen LogP contribution in [-0.2, 0) is 6.54 Å². The van der Waals surface area contributed by atoms with Crippen molar-refractivity contribution in [2.24, 2.45) is 0 Å². The summed E-state index contributed by atoms with van der Waals surface area (Å²) in [6.45, 7) is 1.39. The maximum Gasteiger partial charge on any atom is 0.573 e. The largest absolute Gasteiger partial charge is 0.573 e. The van der Waals surface area contributed by atoms with Crippen molar-refractivity contribution < 1.29 is 27.8 Å². The van der Waals surface area contributed by atoms with Gasteiger partial charge in [0, 0.05) is 24.8 Å². The second-order valence-electron chi connectivity index (χ2n) is 6.84. The summed E-state index contributed by atoms with van der Waals surface area (Å²) >= 11 is 0. The Labute approximate surface area is 171 Å². The number of rotatable bonds is 4. The van der Waals surface area contributed by atoms with Crippen LogP contribution >= 0.6 is 0 Å². The first-order chi connectivity index (χ1) is 14.4. The van der Waals surface area contributed by atoms with Crippen LogP contribution < -0.4 is 9.47 Å². The Hall–Kier alpha value is -3.10. The minimum atomic E-state index is -4.73. The average Bonchev–Trinajstić information content (AvgIpc) is 2.87. The summed E-state index contributed by atoms with van der Waals surface area (Å²) in [7, 11) is 0. The average molecular weight is 416 g/mol. The van der Waals surface area contributed by atoms with Crippen molar-refractivity contribution in [3.63, 3.8) is 0 Å². The molecule has 0 saturated carbocycles. The lowest BCUT2D eigenvalue weighted by Gasteiger charge is -2.25. The molecule has 1 aliphatic rings. The molecule has 1 aromatic heterocycles. The van der Waals surface area contributed by atoms with Gasteiger partial charge in [0.05, 0.1) is 5.69 Å². The zero-order chi connectivity index (χ0) is 21.1. The molecule has 5 nitrogen and oxygen atoms in total. The highest BCUT2D eigenvalue weighted by molar-refractivity contribution is 5.67. The van der Waals surface area contributed by atoms with Crippen molar-refractivity contribution in [3.8, 4) is 22.6 Å². The normalized spacial score (nSPS) is 17.0. The van der Waals surface area contributed by atoms with Crippen LogP contribution in [0.15, 0.2) is 66.9 Å². The van der Waals surface area contributed by atoms with Gasteiger partial charge in [0.15, 0.2) is 0 Å². The van der Waals surface area contributed by atoms with E-state index in [0.29, 0.717) is 36.6 Å². The first-order valence-corrected chi connectivity index (χ1v) is 9.34. The van der Waals surface area contributed by atoms with Crippen molar-refractivity contribution in [2.45, 2.75) is 19.1 Å². The Bertz CT molecular complexity index is 995. The zero-order valence-electron chi connectivity index (χ0n) is 15.8. The number of alkyl halides is 3. The lowest BCUT2D eigenvalue weighted by atomic mass is 10.0. The van der Waals surface area contributed by atoms with Crippen LogP contribution in [0.5, 0.6) is 11.5 Å². The Morgan fingerprint density at radius 1 is 1.07 bits per heavy atom. The van der Waals surface area contributed by atoms with Crippen LogP contribution in [0, 0.1) is 0 Å². The summed E-state index contributed by atoms with van der Waals surface area (Å²) in [6.07, 6.45) is -3.88. The molecule has 1 N–H and O–H groups in total. The molecule has 0 aliphatic carbocycles. The highest BCUT2D eigenvalue weighted by Crippen LogP contribution is 2.35. The number of fused-ring (bicyclic) bond motifs is 1. The Morgan fingerprint density at radius 3 is 2.53 bits per heavy atom. The van der Waals surface area contributed by atoms with Crippen LogP contribution in [-0.4, -0.2) is 34.5 Å². The summed E-state index contributed by atoms with van der Waals surface area (Å²) < 4.78 is 46.7. The van der Waals surface area contributed by atoms with Crippen LogP contribution in [0.25, 0.3) is 11.1 Å². The van der Waals surface area contributed by atoms with Crippen molar-refractivity contribution >= 4 is 0 Å². The predicted molar refractivity (Wildman–Crippen MR) is 104 cm³/mol. The highest BCUT2D eigenvalue weighted by Gasteiger charge is 2.31. The molecule has 2 heterocycles. The molecule has 0 bridgehead atoms. The van der Waals surface area contributed by atoms with Gasteiger partial charge in [0.25, 0.3) is 0 Å². The third-order valence-corrected chi connectivity index (χ3v) is 4.79. The molecule has 1 aliphatic heterocycles. The molecule has 0 spiro atoms. The molecule has 3 aromatic rings. The SMILES string of the molecule is OC1c2ccc(-c3ccc(OC(F)(F)F)cc3)cc2OCCN1Cc1ccccn1. The number of hydrogen-bond acceptors (Lipinski definition) is 5. The Kier molecular flexibility index (Phi) is 5.61. The molecule has 0 amide bonds. The zero-order valence-corrected chi connectivity index (χ0v) is 15.8. The van der Waals surface area contributed by atoms with Gasteiger partial charge in [-0.05, 0) is 41.5 Å². The van der Waals surface area contributed by atoms with Crippen LogP contribution in [0.2, 0.25) is 0 Å². The van der Waals surface area contributed by atoms with E-state index < -0.39 is 12.6 Å². The van der Waals surface area contributed by atoms with E-state index in [1.165, 1.54) is 12.1 Å². The van der Waals surface area contributed by atoms with Gasteiger partial charge in [-0.15, -0.1) is 13.2 Å². The number of halogens is 3. The van der Waals surface area contributed by atoms with Gasteiger partial charge in [-0.2, -0.15) is 0 Å². The molecule has 2 aromatic carbocycles. The van der Waals surface area contributed by atoms with E-state index in [9.17, 15) is 18.3 Å². The molecule has 156 valence electrons. The molecule has 8 heteroatoms. The number of hydrogen-bond donors (Lipinski definition) is 1. The molecular weight excluding hydrogens is 397 g/mol. The van der Waals surface area contributed by atoms with Gasteiger partial charge in [0.2, 0.25) is 0 Å². The van der Waals surface area contributed by atoms with Gasteiger partial charge in [-0.25, -0.2) is 0 Å². The summed E-state index contributed by atoms with van der Waals surface area (Å²) in [6, 6.07) is 16.6. The maximum atomic E-state index is 12.3. The van der Waals surface area contributed by atoms with Gasteiger partial charge < -0.3 is 14.6 Å². The molecular formula is C22H19F3N2O3. The monoisotopic (exact) mass is 416 g/mol. The predicted octanol–water partition coefficient (Wildman–Crippen LogP) is 4.53. The van der Waals surface area contributed by atoms with E-state index in [1.807, 2.05) is 23.1 Å². The molecule has 1 unspecified atom stereocenters. The lowest BCUT2D eigenvalue weighted by Crippen LogP contribution is -2.30. The van der Waals surface area contributed by atoms with Crippen molar-refractivity contribution in [1.82, 2.24) is 9.88 Å². The van der Waals surface area contributed by atoms with E-state index in [0.717, 1.165) is 11.3 Å². The van der Waals surface area contributed by atoms with Crippen LogP contribution in [0.1, 0.15) is 17.5 Å². The standard InChI is InChI=1S/C22H19F3N2O3/c23-22(24,25)30-18-7-4-15(5-8-18)16-6-9-19-20(13-16)29-12-11-27(21(19)28)14-17-3-1-2-10-26-17/h1-10,13,21,28H,11-12,14H2. The first-order valence-electron chi connectivity index (χ1n) is 9.34. The Morgan fingerprint density at radius 2 is 1.83 bits per heavy atom. The van der Waals surface area contributed by atoms with E-state index in [2.05, 4.69) is 9.72 Å². The maximum absolute atomic E-state index is 12.3. The fraction of sp³-hybridized carbons (Fsp3) is 0.227. The number of aliphatic hydroxyl groups excluding tert-OH is 1. The lowest BCUT2D eigenvalue weighted by molar-refractivity contribution is -0.274. The van der Waals surface area contributed by atoms with Crippen molar-refractivity contribution in [3.05, 3.63) is 78.1 Å². The molecule has 4 rings (SSSR count). The van der Waals surface area contributed by atoms with E-state index in [1.54, 1.807) is 36.5 Å². The summed E-state index contributed by atoms with van der Waals surface area (Å²) in [4.78, 5) is 6.17. The molecule has 0 radical (unpaired) electrons. The summed E-state index contributed by atoms with van der Waals surface area (Å²) in [5.74, 6) is 0.261. The second kappa shape index (κ2) is 8.33. The third-order valence-electron chi connectivity index (χ3n) is 4.79. The topological polar surface area (TPSA) is 54.8 Å². The number of nitrogens with zero attached hydrogens (tertiary/aromatic N) is 2. The molecule has 30 heavy (non-hydrogen) atoms. The second-order valence-corrected chi connectivity index (χ2v) is 6.84. The third kappa shape index (κ3) is 4.72. The first kappa shape index (κ1) is 20.2. The van der Waals surface area contributed by atoms with Gasteiger partial charge in [-0.1, -0.05) is 30.3 Å². The number of aliphatic hydroxyl groups is 1. The molecule has 0 fully saturated rings. The fourth-order valence-electron chi connectivity index (χ4n) is 3.36. The van der Waals surface area contributed by atoms with Gasteiger partial charge in [0.1, 0.15) is 24.3 Å². The fourth-order valence-corrected chi connectivity index (χ4v) is 3.36. The van der Waals surface area contributed by atoms with E-state index in [-0.39, 0.29) is 5.75 Å². The summed E-state index contributed by atoms with van der Waals surface area (Å²) in [5.41, 5.74) is 2.94. The number of benzene rings is 2. The van der Waals surface area contributed by atoms with E-state index in [4.69, 9.17) is 4.74 Å². The van der Waals surface area contributed by atoms with Crippen molar-refractivity contribution in [1.29, 1.82) is 0 Å². The van der Waals surface area contributed by atoms with Gasteiger partial charge in [-0.3, -0.25) is 9.88 Å². The van der Waals surface area contributed by atoms with Crippen molar-refractivity contribution in [2.75, 3.05) is 13.2 Å².